The zero-order valence-electron chi connectivity index (χ0n) is 9.55. The topological polar surface area (TPSA) is 64.6 Å². The van der Waals surface area contributed by atoms with Crippen LogP contribution in [0.25, 0.3) is 0 Å². The second kappa shape index (κ2) is 3.81. The van der Waals surface area contributed by atoms with Gasteiger partial charge in [-0.05, 0) is 33.7 Å². The van der Waals surface area contributed by atoms with Crippen molar-refractivity contribution in [3.63, 3.8) is 0 Å². The molecule has 1 N–H and O–H groups in total. The van der Waals surface area contributed by atoms with Crippen molar-refractivity contribution in [2.24, 2.45) is 0 Å². The van der Waals surface area contributed by atoms with Crippen molar-refractivity contribution in [3.05, 3.63) is 0 Å². The van der Waals surface area contributed by atoms with Gasteiger partial charge in [0, 0.05) is 0 Å². The molecule has 0 spiro atoms. The quantitative estimate of drug-likeness (QED) is 0.528. The Morgan fingerprint density at radius 3 is 2.07 bits per heavy atom. The molecule has 1 atom stereocenters. The van der Waals surface area contributed by atoms with Gasteiger partial charge in [-0.15, -0.1) is 0 Å². The fraction of sp³-hybridized carbons (Fsp3) is 0.800. The summed E-state index contributed by atoms with van der Waals surface area (Å²) < 4.78 is 9.76. The molecule has 0 aliphatic carbocycles. The molecule has 0 saturated carbocycles. The fourth-order valence-electron chi connectivity index (χ4n) is 1.35. The fourth-order valence-corrected chi connectivity index (χ4v) is 1.35. The molecule has 1 saturated heterocycles. The molecule has 1 fully saturated rings. The minimum atomic E-state index is -1.28. The van der Waals surface area contributed by atoms with E-state index in [0.29, 0.717) is 13.0 Å². The molecular formula is C10H17NO4. The van der Waals surface area contributed by atoms with Crippen LogP contribution in [0.5, 0.6) is 0 Å². The summed E-state index contributed by atoms with van der Waals surface area (Å²) in [4.78, 5) is 23.2. The van der Waals surface area contributed by atoms with Crippen LogP contribution >= 0.6 is 0 Å². The lowest BCUT2D eigenvalue weighted by Crippen LogP contribution is -2.68. The van der Waals surface area contributed by atoms with Gasteiger partial charge in [0.1, 0.15) is 5.60 Å². The van der Waals surface area contributed by atoms with Crippen LogP contribution in [0, 0.1) is 0 Å². The Hall–Kier alpha value is -1.10. The Balaban J connectivity index is 2.75. The molecule has 0 aromatic carbocycles. The number of nitrogens with one attached hydrogen (secondary N) is 1. The first kappa shape index (κ1) is 12.0. The van der Waals surface area contributed by atoms with Crippen molar-refractivity contribution in [2.45, 2.75) is 38.3 Å². The number of hydrogen-bond acceptors (Lipinski definition) is 5. The van der Waals surface area contributed by atoms with E-state index in [1.165, 1.54) is 7.11 Å². The second-order valence-corrected chi connectivity index (χ2v) is 4.58. The van der Waals surface area contributed by atoms with Gasteiger partial charge in [0.15, 0.2) is 0 Å². The van der Waals surface area contributed by atoms with E-state index < -0.39 is 23.1 Å². The van der Waals surface area contributed by atoms with Crippen molar-refractivity contribution in [3.8, 4) is 0 Å². The summed E-state index contributed by atoms with van der Waals surface area (Å²) >= 11 is 0. The Kier molecular flexibility index (Phi) is 3.04. The molecule has 0 radical (unpaired) electrons. The van der Waals surface area contributed by atoms with E-state index in [0.717, 1.165) is 0 Å². The van der Waals surface area contributed by atoms with E-state index in [9.17, 15) is 9.59 Å². The van der Waals surface area contributed by atoms with Gasteiger partial charge in [0.2, 0.25) is 5.54 Å². The number of carbonyl (C=O) groups excluding carboxylic acids is 2. The van der Waals surface area contributed by atoms with Crippen LogP contribution in [-0.4, -0.2) is 36.7 Å². The standard InChI is InChI=1S/C10H17NO4/c1-9(2,3)15-8(13)10(5-6-11-10)7(12)14-4/h11H,5-6H2,1-4H3. The minimum absolute atomic E-state index is 0.425. The molecule has 86 valence electrons. The molecule has 0 aromatic heterocycles. The largest absolute Gasteiger partial charge is 0.467 e. The molecule has 5 nitrogen and oxygen atoms in total. The predicted molar refractivity (Wildman–Crippen MR) is 53.2 cm³/mol. The van der Waals surface area contributed by atoms with Gasteiger partial charge in [0.05, 0.1) is 7.11 Å². The third-order valence-corrected chi connectivity index (χ3v) is 2.21. The van der Waals surface area contributed by atoms with E-state index in [4.69, 9.17) is 4.74 Å². The maximum absolute atomic E-state index is 11.8. The van der Waals surface area contributed by atoms with Gasteiger partial charge in [-0.3, -0.25) is 5.32 Å². The van der Waals surface area contributed by atoms with Crippen LogP contribution in [0.2, 0.25) is 0 Å². The number of carbonyl (C=O) groups is 2. The van der Waals surface area contributed by atoms with Crippen molar-refractivity contribution < 1.29 is 19.1 Å². The molecule has 0 aromatic rings. The monoisotopic (exact) mass is 215 g/mol. The predicted octanol–water partition coefficient (Wildman–Crippen LogP) is 0.233. The molecule has 15 heavy (non-hydrogen) atoms. The molecule has 1 unspecified atom stereocenters. The second-order valence-electron chi connectivity index (χ2n) is 4.58. The maximum Gasteiger partial charge on any atom is 0.338 e. The van der Waals surface area contributed by atoms with E-state index in [1.54, 1.807) is 20.8 Å². The lowest BCUT2D eigenvalue weighted by Gasteiger charge is -2.39. The summed E-state index contributed by atoms with van der Waals surface area (Å²) in [7, 11) is 1.26. The molecule has 1 aliphatic rings. The minimum Gasteiger partial charge on any atom is -0.467 e. The average Bonchev–Trinajstić information content (AvgIpc) is 1.98. The van der Waals surface area contributed by atoms with Gasteiger partial charge in [-0.2, -0.15) is 0 Å². The molecule has 0 amide bonds. The Morgan fingerprint density at radius 2 is 1.80 bits per heavy atom. The van der Waals surface area contributed by atoms with Crippen LogP contribution in [0.1, 0.15) is 27.2 Å². The molecule has 1 heterocycles. The molecule has 1 rings (SSSR count). The van der Waals surface area contributed by atoms with Crippen LogP contribution in [0.15, 0.2) is 0 Å². The van der Waals surface area contributed by atoms with Crippen LogP contribution < -0.4 is 5.32 Å². The van der Waals surface area contributed by atoms with Crippen LogP contribution in [0.3, 0.4) is 0 Å². The third kappa shape index (κ3) is 2.28. The summed E-state index contributed by atoms with van der Waals surface area (Å²) in [5.74, 6) is -1.14. The highest BCUT2D eigenvalue weighted by Gasteiger charge is 2.54. The first-order valence-electron chi connectivity index (χ1n) is 4.89. The van der Waals surface area contributed by atoms with Gasteiger partial charge in [0.25, 0.3) is 0 Å². The normalized spacial score (nSPS) is 25.3. The number of methoxy groups -OCH3 is 1. The number of ether oxygens (including phenoxy) is 2. The molecular weight excluding hydrogens is 198 g/mol. The Labute approximate surface area is 89.1 Å². The van der Waals surface area contributed by atoms with Gasteiger partial charge in [-0.1, -0.05) is 0 Å². The zero-order valence-corrected chi connectivity index (χ0v) is 9.55. The highest BCUT2D eigenvalue weighted by atomic mass is 16.6. The average molecular weight is 215 g/mol. The number of esters is 2. The number of rotatable bonds is 2. The lowest BCUT2D eigenvalue weighted by molar-refractivity contribution is -0.177. The Bertz CT molecular complexity index is 276. The molecule has 5 heteroatoms. The highest BCUT2D eigenvalue weighted by Crippen LogP contribution is 2.24. The van der Waals surface area contributed by atoms with Gasteiger partial charge in [-0.25, -0.2) is 9.59 Å². The third-order valence-electron chi connectivity index (χ3n) is 2.21. The molecule has 1 aliphatic heterocycles. The van der Waals surface area contributed by atoms with E-state index in [-0.39, 0.29) is 0 Å². The summed E-state index contributed by atoms with van der Waals surface area (Å²) in [6.45, 7) is 5.89. The van der Waals surface area contributed by atoms with Crippen molar-refractivity contribution >= 4 is 11.9 Å². The summed E-state index contributed by atoms with van der Waals surface area (Å²) in [6, 6.07) is 0. The summed E-state index contributed by atoms with van der Waals surface area (Å²) in [5.41, 5.74) is -1.88. The van der Waals surface area contributed by atoms with E-state index in [1.807, 2.05) is 0 Å². The Morgan fingerprint density at radius 1 is 1.27 bits per heavy atom. The molecule has 0 bridgehead atoms. The SMILES string of the molecule is COC(=O)C1(C(=O)OC(C)(C)C)CCN1. The van der Waals surface area contributed by atoms with Crippen LogP contribution in [0.4, 0.5) is 0 Å². The van der Waals surface area contributed by atoms with E-state index >= 15 is 0 Å². The maximum atomic E-state index is 11.8. The van der Waals surface area contributed by atoms with Gasteiger partial charge >= 0.3 is 11.9 Å². The first-order chi connectivity index (χ1) is 6.82. The van der Waals surface area contributed by atoms with Crippen molar-refractivity contribution in [1.29, 1.82) is 0 Å². The highest BCUT2D eigenvalue weighted by molar-refractivity contribution is 6.06. The van der Waals surface area contributed by atoms with Gasteiger partial charge < -0.3 is 9.47 Å². The summed E-state index contributed by atoms with van der Waals surface area (Å²) in [5, 5.41) is 2.78. The number of hydrogen-bond donors (Lipinski definition) is 1. The zero-order chi connectivity index (χ0) is 11.7. The van der Waals surface area contributed by atoms with E-state index in [2.05, 4.69) is 10.1 Å². The summed E-state index contributed by atoms with van der Waals surface area (Å²) in [6.07, 6.45) is 0.425. The van der Waals surface area contributed by atoms with Crippen molar-refractivity contribution in [1.82, 2.24) is 5.32 Å². The first-order valence-corrected chi connectivity index (χ1v) is 4.89. The smallest absolute Gasteiger partial charge is 0.338 e. The van der Waals surface area contributed by atoms with Crippen molar-refractivity contribution in [2.75, 3.05) is 13.7 Å². The van der Waals surface area contributed by atoms with Crippen LogP contribution in [-0.2, 0) is 19.1 Å². The lowest BCUT2D eigenvalue weighted by atomic mass is 9.88.